The molecule has 0 aromatic heterocycles. The molecule has 0 fully saturated rings. The fourth-order valence-electron chi connectivity index (χ4n) is 4.39. The van der Waals surface area contributed by atoms with Crippen LogP contribution >= 0.6 is 0 Å². The molecule has 2 unspecified atom stereocenters. The smallest absolute Gasteiger partial charge is 0.408 e. The Morgan fingerprint density at radius 3 is 2.27 bits per heavy atom. The van der Waals surface area contributed by atoms with Crippen molar-refractivity contribution in [1.82, 2.24) is 15.5 Å². The Kier molecular flexibility index (Phi) is 12.0. The minimum atomic E-state index is -1.05. The van der Waals surface area contributed by atoms with Gasteiger partial charge in [-0.1, -0.05) is 63.3 Å². The molecule has 0 heterocycles. The highest BCUT2D eigenvalue weighted by molar-refractivity contribution is 5.93. The second-order valence-corrected chi connectivity index (χ2v) is 11.9. The lowest BCUT2D eigenvalue weighted by atomic mass is 9.90. The van der Waals surface area contributed by atoms with Crippen molar-refractivity contribution in [2.75, 3.05) is 6.54 Å². The first kappa shape index (κ1) is 33.4. The number of hydrogen-bond donors (Lipinski definition) is 3. The predicted octanol–water partition coefficient (Wildman–Crippen LogP) is 6.15. The maximum Gasteiger partial charge on any atom is 0.408 e. The van der Waals surface area contributed by atoms with E-state index in [-0.39, 0.29) is 18.1 Å². The molecule has 2 rings (SSSR count). The van der Waals surface area contributed by atoms with E-state index >= 15 is 0 Å². The number of ether oxygens (including phenoxy) is 1. The second-order valence-electron chi connectivity index (χ2n) is 11.9. The van der Waals surface area contributed by atoms with Crippen LogP contribution in [-0.4, -0.2) is 51.6 Å². The van der Waals surface area contributed by atoms with Crippen molar-refractivity contribution in [2.45, 2.75) is 97.4 Å². The summed E-state index contributed by atoms with van der Waals surface area (Å²) < 4.78 is 5.50. The van der Waals surface area contributed by atoms with E-state index in [9.17, 15) is 19.5 Å². The largest absolute Gasteiger partial charge is 0.508 e. The summed E-state index contributed by atoms with van der Waals surface area (Å²) >= 11 is 0. The lowest BCUT2D eigenvalue weighted by molar-refractivity contribution is -0.149. The number of phenolic OH excluding ortho intramolecular Hbond substituents is 1. The number of amides is 3. The number of phenols is 1. The molecular weight excluding hydrogens is 518 g/mol. The van der Waals surface area contributed by atoms with Gasteiger partial charge in [0.15, 0.2) is 0 Å². The zero-order chi connectivity index (χ0) is 30.8. The number of unbranched alkanes of at least 4 members (excludes halogenated alkanes) is 1. The number of aromatic hydroxyl groups is 1. The van der Waals surface area contributed by atoms with Crippen LogP contribution in [0.2, 0.25) is 0 Å². The van der Waals surface area contributed by atoms with E-state index in [1.807, 2.05) is 52.0 Å². The van der Waals surface area contributed by atoms with Gasteiger partial charge in [0, 0.05) is 18.5 Å². The van der Waals surface area contributed by atoms with Gasteiger partial charge in [-0.3, -0.25) is 9.59 Å². The first-order valence-corrected chi connectivity index (χ1v) is 14.3. The molecule has 3 amide bonds. The number of nitrogens with one attached hydrogen (secondary N) is 2. The van der Waals surface area contributed by atoms with Crippen molar-refractivity contribution in [1.29, 1.82) is 0 Å². The van der Waals surface area contributed by atoms with Crippen molar-refractivity contribution in [2.24, 2.45) is 0 Å². The minimum Gasteiger partial charge on any atom is -0.508 e. The van der Waals surface area contributed by atoms with E-state index in [0.717, 1.165) is 24.0 Å². The van der Waals surface area contributed by atoms with E-state index < -0.39 is 35.2 Å². The Hall–Kier alpha value is -3.81. The van der Waals surface area contributed by atoms with Gasteiger partial charge in [0.05, 0.1) is 0 Å². The third-order valence-corrected chi connectivity index (χ3v) is 6.92. The molecule has 0 aliphatic heterocycles. The van der Waals surface area contributed by atoms with E-state index in [2.05, 4.69) is 17.2 Å². The molecule has 0 radical (unpaired) electrons. The van der Waals surface area contributed by atoms with Crippen LogP contribution in [0.3, 0.4) is 0 Å². The standard InChI is InChI=1S/C33H47N3O5/c1-9-12-20-34-29(38)28(25-15-13-14-23(10-2)21-25)36(33(7,8)11-3)30(39)27(35-31(40)41-32(4,5)6)22-24-16-18-26(37)19-17-24/h10,13-19,21,27-28,37H,2,9,11-12,20,22H2,1,3-8H3,(H,34,38)(H,35,40). The summed E-state index contributed by atoms with van der Waals surface area (Å²) in [7, 11) is 0. The number of hydrogen-bond acceptors (Lipinski definition) is 5. The number of alkyl carbamates (subject to hydrolysis) is 1. The van der Waals surface area contributed by atoms with Crippen LogP contribution in [0.15, 0.2) is 55.1 Å². The van der Waals surface area contributed by atoms with Crippen LogP contribution in [0, 0.1) is 0 Å². The topological polar surface area (TPSA) is 108 Å². The van der Waals surface area contributed by atoms with E-state index in [1.54, 1.807) is 43.9 Å². The molecule has 8 heteroatoms. The molecule has 2 atom stereocenters. The predicted molar refractivity (Wildman–Crippen MR) is 163 cm³/mol. The van der Waals surface area contributed by atoms with Gasteiger partial charge in [0.1, 0.15) is 23.4 Å². The van der Waals surface area contributed by atoms with Gasteiger partial charge in [-0.05, 0) is 82.3 Å². The summed E-state index contributed by atoms with van der Waals surface area (Å²) in [5.41, 5.74) is 0.654. The Morgan fingerprint density at radius 1 is 1.05 bits per heavy atom. The van der Waals surface area contributed by atoms with E-state index in [1.165, 1.54) is 12.1 Å². The summed E-state index contributed by atoms with van der Waals surface area (Å²) in [4.78, 5) is 43.1. The summed E-state index contributed by atoms with van der Waals surface area (Å²) in [6, 6.07) is 11.9. The zero-order valence-corrected chi connectivity index (χ0v) is 25.6. The first-order valence-electron chi connectivity index (χ1n) is 14.3. The number of carbonyl (C=O) groups excluding carboxylic acids is 3. The summed E-state index contributed by atoms with van der Waals surface area (Å²) in [6.07, 6.45) is 3.36. The molecule has 8 nitrogen and oxygen atoms in total. The monoisotopic (exact) mass is 565 g/mol. The average Bonchev–Trinajstić information content (AvgIpc) is 2.91. The molecule has 0 spiro atoms. The summed E-state index contributed by atoms with van der Waals surface area (Å²) in [5.74, 6) is -0.623. The van der Waals surface area contributed by atoms with Crippen LogP contribution in [-0.2, 0) is 20.7 Å². The highest BCUT2D eigenvalue weighted by atomic mass is 16.6. The van der Waals surface area contributed by atoms with Crippen LogP contribution in [0.1, 0.15) is 90.5 Å². The van der Waals surface area contributed by atoms with Crippen LogP contribution in [0.4, 0.5) is 4.79 Å². The fourth-order valence-corrected chi connectivity index (χ4v) is 4.39. The van der Waals surface area contributed by atoms with Crippen molar-refractivity contribution >= 4 is 24.0 Å². The Morgan fingerprint density at radius 2 is 1.71 bits per heavy atom. The van der Waals surface area contributed by atoms with Crippen LogP contribution < -0.4 is 10.6 Å². The molecule has 0 aliphatic carbocycles. The minimum absolute atomic E-state index is 0.0939. The molecule has 0 saturated carbocycles. The number of benzene rings is 2. The number of rotatable bonds is 13. The van der Waals surface area contributed by atoms with Crippen molar-refractivity contribution in [3.8, 4) is 5.75 Å². The molecule has 2 aromatic rings. The molecule has 0 bridgehead atoms. The first-order chi connectivity index (χ1) is 19.2. The Bertz CT molecular complexity index is 1180. The third-order valence-electron chi connectivity index (χ3n) is 6.92. The lowest BCUT2D eigenvalue weighted by Gasteiger charge is -2.44. The van der Waals surface area contributed by atoms with Crippen molar-refractivity contribution < 1.29 is 24.2 Å². The molecule has 3 N–H and O–H groups in total. The van der Waals surface area contributed by atoms with Gasteiger partial charge in [0.25, 0.3) is 0 Å². The summed E-state index contributed by atoms with van der Waals surface area (Å²) in [5, 5.41) is 15.6. The van der Waals surface area contributed by atoms with Crippen LogP contribution in [0.25, 0.3) is 6.08 Å². The molecule has 41 heavy (non-hydrogen) atoms. The Balaban J connectivity index is 2.66. The maximum absolute atomic E-state index is 14.6. The maximum atomic E-state index is 14.6. The third kappa shape index (κ3) is 9.95. The van der Waals surface area contributed by atoms with Gasteiger partial charge in [-0.25, -0.2) is 4.79 Å². The average molecular weight is 566 g/mol. The number of carbonyl (C=O) groups is 3. The quantitative estimate of drug-likeness (QED) is 0.253. The lowest BCUT2D eigenvalue weighted by Crippen LogP contribution is -2.60. The van der Waals surface area contributed by atoms with Crippen LogP contribution in [0.5, 0.6) is 5.75 Å². The number of nitrogens with zero attached hydrogens (tertiary/aromatic N) is 1. The molecule has 2 aromatic carbocycles. The Labute approximate surface area is 245 Å². The van der Waals surface area contributed by atoms with Crippen molar-refractivity contribution in [3.63, 3.8) is 0 Å². The zero-order valence-electron chi connectivity index (χ0n) is 25.6. The van der Waals surface area contributed by atoms with Gasteiger partial charge >= 0.3 is 6.09 Å². The van der Waals surface area contributed by atoms with Gasteiger partial charge < -0.3 is 25.4 Å². The highest BCUT2D eigenvalue weighted by Crippen LogP contribution is 2.33. The molecule has 0 saturated heterocycles. The SMILES string of the molecule is C=Cc1cccc(C(C(=O)NCCCC)N(C(=O)C(Cc2ccc(O)cc2)NC(=O)OC(C)(C)C)C(C)(C)CC)c1. The molecular formula is C33H47N3O5. The second kappa shape index (κ2) is 14.7. The molecule has 0 aliphatic rings. The highest BCUT2D eigenvalue weighted by Gasteiger charge is 2.43. The fraction of sp³-hybridized carbons (Fsp3) is 0.485. The van der Waals surface area contributed by atoms with E-state index in [0.29, 0.717) is 18.5 Å². The van der Waals surface area contributed by atoms with Gasteiger partial charge in [0.2, 0.25) is 11.8 Å². The summed E-state index contributed by atoms with van der Waals surface area (Å²) in [6.45, 7) is 17.4. The van der Waals surface area contributed by atoms with Gasteiger partial charge in [-0.2, -0.15) is 0 Å². The van der Waals surface area contributed by atoms with E-state index in [4.69, 9.17) is 4.74 Å². The van der Waals surface area contributed by atoms with Crippen molar-refractivity contribution in [3.05, 3.63) is 71.8 Å². The molecule has 224 valence electrons. The normalized spacial score (nSPS) is 13.0. The van der Waals surface area contributed by atoms with Gasteiger partial charge in [-0.15, -0.1) is 0 Å².